The van der Waals surface area contributed by atoms with Crippen LogP contribution in [-0.4, -0.2) is 20.9 Å². The summed E-state index contributed by atoms with van der Waals surface area (Å²) in [6, 6.07) is 8.52. The van der Waals surface area contributed by atoms with Crippen molar-refractivity contribution in [2.24, 2.45) is 4.99 Å². The van der Waals surface area contributed by atoms with Crippen molar-refractivity contribution < 1.29 is 5.11 Å². The molecule has 1 aromatic carbocycles. The third-order valence-corrected chi connectivity index (χ3v) is 6.20. The zero-order valence-corrected chi connectivity index (χ0v) is 16.7. The van der Waals surface area contributed by atoms with Crippen LogP contribution in [0.5, 0.6) is 5.88 Å². The fourth-order valence-electron chi connectivity index (χ4n) is 3.39. The summed E-state index contributed by atoms with van der Waals surface area (Å²) < 4.78 is 0.944. The highest BCUT2D eigenvalue weighted by Gasteiger charge is 2.21. The first-order valence-corrected chi connectivity index (χ1v) is 10.1. The number of aromatic hydroxyl groups is 1. The van der Waals surface area contributed by atoms with Gasteiger partial charge in [-0.15, -0.1) is 11.3 Å². The fraction of sp³-hybridized carbons (Fsp3) is 0.200. The minimum atomic E-state index is -0.795. The van der Waals surface area contributed by atoms with Crippen LogP contribution in [-0.2, 0) is 12.8 Å². The summed E-state index contributed by atoms with van der Waals surface area (Å²) in [6.07, 6.45) is 5.05. The number of nitrogens with one attached hydrogen (secondary N) is 1. The molecule has 0 unspecified atom stereocenters. The van der Waals surface area contributed by atoms with Gasteiger partial charge in [0.25, 0.3) is 5.56 Å². The molecule has 29 heavy (non-hydrogen) atoms. The van der Waals surface area contributed by atoms with Crippen LogP contribution in [0.3, 0.4) is 0 Å². The molecule has 146 valence electrons. The summed E-state index contributed by atoms with van der Waals surface area (Å²) >= 11 is 7.39. The Morgan fingerprint density at radius 2 is 2.10 bits per heavy atom. The molecule has 0 amide bonds. The van der Waals surface area contributed by atoms with Crippen molar-refractivity contribution in [3.05, 3.63) is 71.7 Å². The van der Waals surface area contributed by atoms with Crippen molar-refractivity contribution in [3.63, 3.8) is 0 Å². The lowest BCUT2D eigenvalue weighted by molar-refractivity contribution is 0.430. The third-order valence-electron chi connectivity index (χ3n) is 4.76. The summed E-state index contributed by atoms with van der Waals surface area (Å²) in [5.74, 6) is -0.551. The molecule has 2 N–H and O–H groups in total. The predicted molar refractivity (Wildman–Crippen MR) is 112 cm³/mol. The third kappa shape index (κ3) is 3.50. The van der Waals surface area contributed by atoms with E-state index >= 15 is 0 Å². The average Bonchev–Trinajstić information content (AvgIpc) is 3.05. The molecule has 0 atom stereocenters. The van der Waals surface area contributed by atoms with Gasteiger partial charge in [-0.25, -0.2) is 14.4 Å². The molecule has 0 fully saturated rings. The number of hydrogen-bond donors (Lipinski definition) is 2. The van der Waals surface area contributed by atoms with Crippen molar-refractivity contribution in [1.82, 2.24) is 9.55 Å². The number of nitriles is 1. The molecule has 3 aromatic rings. The minimum Gasteiger partial charge on any atom is -0.493 e. The molecule has 9 heteroatoms. The van der Waals surface area contributed by atoms with Crippen LogP contribution in [0.1, 0.15) is 34.4 Å². The number of hydrogen-bond acceptors (Lipinski definition) is 6. The fourth-order valence-corrected chi connectivity index (χ4v) is 4.76. The zero-order chi connectivity index (χ0) is 20.5. The number of aliphatic imine (C=N–C) groups is 1. The highest BCUT2D eigenvalue weighted by atomic mass is 35.5. The van der Waals surface area contributed by atoms with E-state index in [0.29, 0.717) is 21.3 Å². The van der Waals surface area contributed by atoms with Gasteiger partial charge in [0.15, 0.2) is 0 Å². The monoisotopic (exact) mass is 426 g/mol. The topological polar surface area (TPSA) is 111 Å². The smallest absolute Gasteiger partial charge is 0.335 e. The van der Waals surface area contributed by atoms with Crippen LogP contribution in [0, 0.1) is 11.3 Å². The van der Waals surface area contributed by atoms with E-state index in [1.54, 1.807) is 18.2 Å². The van der Waals surface area contributed by atoms with Gasteiger partial charge in [-0.3, -0.25) is 9.78 Å². The van der Waals surface area contributed by atoms with E-state index < -0.39 is 17.1 Å². The highest BCUT2D eigenvalue weighted by molar-refractivity contribution is 7.16. The number of benzene rings is 1. The lowest BCUT2D eigenvalue weighted by atomic mass is 9.96. The number of aromatic nitrogens is 2. The molecule has 0 saturated heterocycles. The summed E-state index contributed by atoms with van der Waals surface area (Å²) in [4.78, 5) is 32.1. The number of nitrogens with zero attached hydrogens (tertiary/aromatic N) is 3. The maximum Gasteiger partial charge on any atom is 0.335 e. The van der Waals surface area contributed by atoms with E-state index in [1.807, 2.05) is 0 Å². The quantitative estimate of drug-likeness (QED) is 0.624. The Labute approximate surface area is 174 Å². The van der Waals surface area contributed by atoms with Crippen molar-refractivity contribution in [2.75, 3.05) is 0 Å². The lowest BCUT2D eigenvalue weighted by Gasteiger charge is -2.09. The van der Waals surface area contributed by atoms with E-state index in [2.05, 4.69) is 16.0 Å². The van der Waals surface area contributed by atoms with Crippen molar-refractivity contribution in [1.29, 1.82) is 5.26 Å². The number of aryl methyl sites for hydroxylation is 1. The second-order valence-corrected chi connectivity index (χ2v) is 8.09. The van der Waals surface area contributed by atoms with Crippen molar-refractivity contribution >= 4 is 34.2 Å². The van der Waals surface area contributed by atoms with Crippen LogP contribution in [0.2, 0.25) is 5.02 Å². The largest absolute Gasteiger partial charge is 0.493 e. The van der Waals surface area contributed by atoms with Crippen molar-refractivity contribution in [3.8, 4) is 17.6 Å². The summed E-state index contributed by atoms with van der Waals surface area (Å²) in [5, 5.41) is 21.0. The second kappa shape index (κ2) is 7.70. The molecule has 0 aliphatic heterocycles. The van der Waals surface area contributed by atoms with Gasteiger partial charge in [-0.05, 0) is 49.4 Å². The van der Waals surface area contributed by atoms with Crippen LogP contribution in [0.25, 0.3) is 5.69 Å². The number of fused-ring (bicyclic) bond motifs is 1. The van der Waals surface area contributed by atoms with E-state index in [9.17, 15) is 20.0 Å². The van der Waals surface area contributed by atoms with Crippen LogP contribution in [0.4, 0.5) is 5.00 Å². The number of halogens is 1. The Kier molecular flexibility index (Phi) is 5.09. The molecule has 0 spiro atoms. The van der Waals surface area contributed by atoms with Gasteiger partial charge in [-0.1, -0.05) is 17.7 Å². The van der Waals surface area contributed by atoms with Crippen LogP contribution >= 0.6 is 22.9 Å². The maximum absolute atomic E-state index is 12.3. The predicted octanol–water partition coefficient (Wildman–Crippen LogP) is 3.45. The normalized spacial score (nSPS) is 13.4. The molecular formula is C20H15ClN4O3S. The van der Waals surface area contributed by atoms with Gasteiger partial charge in [-0.2, -0.15) is 5.26 Å². The second-order valence-electron chi connectivity index (χ2n) is 6.57. The average molecular weight is 427 g/mol. The molecule has 0 radical (unpaired) electrons. The van der Waals surface area contributed by atoms with Gasteiger partial charge in [0.1, 0.15) is 16.6 Å². The van der Waals surface area contributed by atoms with E-state index in [4.69, 9.17) is 11.6 Å². The first-order valence-electron chi connectivity index (χ1n) is 8.92. The zero-order valence-electron chi connectivity index (χ0n) is 15.1. The molecule has 4 rings (SSSR count). The standard InChI is InChI=1S/C20H15ClN4O3S/c21-11-4-3-5-12(8-11)25-19(27)15(17(26)24-20(25)28)10-23-18-14(9-22)13-6-1-2-7-16(13)29-18/h3-5,8,10,27H,1-2,6-7H2,(H,24,26,28)/b23-10+. The molecule has 0 saturated carbocycles. The van der Waals surface area contributed by atoms with Crippen LogP contribution in [0.15, 0.2) is 38.8 Å². The Hall–Kier alpha value is -3.15. The molecule has 7 nitrogen and oxygen atoms in total. The minimum absolute atomic E-state index is 0.181. The Bertz CT molecular complexity index is 1300. The number of H-pyrrole nitrogens is 1. The summed E-state index contributed by atoms with van der Waals surface area (Å²) in [6.45, 7) is 0. The van der Waals surface area contributed by atoms with Gasteiger partial charge >= 0.3 is 5.69 Å². The summed E-state index contributed by atoms with van der Waals surface area (Å²) in [7, 11) is 0. The van der Waals surface area contributed by atoms with Gasteiger partial charge in [0.05, 0.1) is 11.3 Å². The molecule has 1 aliphatic rings. The van der Waals surface area contributed by atoms with Gasteiger partial charge in [0, 0.05) is 16.1 Å². The molecule has 1 aliphatic carbocycles. The summed E-state index contributed by atoms with van der Waals surface area (Å²) in [5.41, 5.74) is 0.0959. The molecule has 0 bridgehead atoms. The van der Waals surface area contributed by atoms with Gasteiger partial charge in [0.2, 0.25) is 5.88 Å². The molecule has 2 aromatic heterocycles. The Morgan fingerprint density at radius 3 is 2.86 bits per heavy atom. The van der Waals surface area contributed by atoms with Crippen LogP contribution < -0.4 is 11.2 Å². The molecular weight excluding hydrogens is 412 g/mol. The maximum atomic E-state index is 12.3. The van der Waals surface area contributed by atoms with Gasteiger partial charge < -0.3 is 5.11 Å². The Balaban J connectivity index is 1.82. The number of thiophene rings is 1. The number of rotatable bonds is 3. The first kappa shape index (κ1) is 19.2. The Morgan fingerprint density at radius 1 is 1.31 bits per heavy atom. The number of aromatic amines is 1. The SMILES string of the molecule is N#Cc1c(/N=C/c2c(O)n(-c3cccc(Cl)c3)c(=O)[nH]c2=O)sc2c1CCCC2. The van der Waals surface area contributed by atoms with Crippen molar-refractivity contribution in [2.45, 2.75) is 25.7 Å². The van der Waals surface area contributed by atoms with E-state index in [0.717, 1.165) is 40.7 Å². The lowest BCUT2D eigenvalue weighted by Crippen LogP contribution is -2.31. The molecule has 2 heterocycles. The highest BCUT2D eigenvalue weighted by Crippen LogP contribution is 2.39. The first-order chi connectivity index (χ1) is 14.0. The van der Waals surface area contributed by atoms with E-state index in [1.165, 1.54) is 23.6 Å². The van der Waals surface area contributed by atoms with E-state index in [-0.39, 0.29) is 5.56 Å².